The van der Waals surface area contributed by atoms with Crippen molar-refractivity contribution < 1.29 is 8.98 Å². The van der Waals surface area contributed by atoms with E-state index in [0.29, 0.717) is 5.69 Å². The first kappa shape index (κ1) is 22.5. The minimum absolute atomic E-state index is 0.146. The average Bonchev–Trinajstić information content (AvgIpc) is 3.41. The Kier molecular flexibility index (Phi) is 4.68. The van der Waals surface area contributed by atoms with Crippen molar-refractivity contribution in [3.05, 3.63) is 119 Å². The first-order chi connectivity index (χ1) is 18.4. The molecule has 3 nitrogen and oxygen atoms in total. The molecule has 0 unspecified atom stereocenters. The molecule has 7 rings (SSSR count). The molecule has 0 bridgehead atoms. The van der Waals surface area contributed by atoms with Gasteiger partial charge in [0.2, 0.25) is 5.69 Å². The van der Waals surface area contributed by atoms with Crippen LogP contribution in [0.3, 0.4) is 0 Å². The van der Waals surface area contributed by atoms with Gasteiger partial charge in [-0.25, -0.2) is 9.41 Å². The van der Waals surface area contributed by atoms with Gasteiger partial charge >= 0.3 is 0 Å². The second-order valence-electron chi connectivity index (χ2n) is 10.8. The lowest BCUT2D eigenvalue weighted by Crippen LogP contribution is -2.30. The highest BCUT2D eigenvalue weighted by Crippen LogP contribution is 2.53. The van der Waals surface area contributed by atoms with Crippen LogP contribution in [0, 0.1) is 13.5 Å². The predicted molar refractivity (Wildman–Crippen MR) is 154 cm³/mol. The van der Waals surface area contributed by atoms with Gasteiger partial charge in [-0.05, 0) is 52.4 Å². The van der Waals surface area contributed by atoms with Gasteiger partial charge in [-0.15, -0.1) is 0 Å². The van der Waals surface area contributed by atoms with Crippen LogP contribution >= 0.6 is 0 Å². The minimum Gasteiger partial charge on any atom is -0.454 e. The summed E-state index contributed by atoms with van der Waals surface area (Å²) in [5, 5.41) is 2.23. The first-order valence-electron chi connectivity index (χ1n) is 13.0. The van der Waals surface area contributed by atoms with E-state index in [4.69, 9.17) is 11.0 Å². The van der Waals surface area contributed by atoms with Crippen molar-refractivity contribution in [3.8, 4) is 33.5 Å². The largest absolute Gasteiger partial charge is 0.454 e. The normalized spacial score (nSPS) is 13.4. The van der Waals surface area contributed by atoms with Crippen molar-refractivity contribution in [1.29, 1.82) is 0 Å². The van der Waals surface area contributed by atoms with Gasteiger partial charge in [0.1, 0.15) is 18.2 Å². The van der Waals surface area contributed by atoms with Gasteiger partial charge in [-0.1, -0.05) is 74.5 Å². The molecule has 0 saturated heterocycles. The first-order valence-corrected chi connectivity index (χ1v) is 13.0. The molecular weight excluding hydrogens is 464 g/mol. The third kappa shape index (κ3) is 2.98. The number of aryl methyl sites for hydroxylation is 2. The topological polar surface area (TPSA) is 21.4 Å². The monoisotopic (exact) mass is 491 g/mol. The van der Waals surface area contributed by atoms with E-state index in [-0.39, 0.29) is 5.41 Å². The number of fused-ring (bicyclic) bond motifs is 6. The number of para-hydroxylation sites is 1. The molecule has 0 spiro atoms. The number of rotatable bonds is 2. The lowest BCUT2D eigenvalue weighted by atomic mass is 9.82. The third-order valence-corrected chi connectivity index (χ3v) is 8.30. The van der Waals surface area contributed by atoms with Crippen LogP contribution in [0.5, 0.6) is 0 Å². The van der Waals surface area contributed by atoms with E-state index in [0.717, 1.165) is 55.4 Å². The summed E-state index contributed by atoms with van der Waals surface area (Å²) >= 11 is 0. The van der Waals surface area contributed by atoms with Crippen LogP contribution in [0.4, 0.5) is 5.69 Å². The number of hydrogen-bond donors (Lipinski definition) is 0. The number of hydrogen-bond acceptors (Lipinski definition) is 1. The van der Waals surface area contributed by atoms with Crippen LogP contribution in [-0.2, 0) is 12.5 Å². The van der Waals surface area contributed by atoms with Crippen LogP contribution < -0.4 is 4.57 Å². The van der Waals surface area contributed by atoms with Crippen LogP contribution in [0.1, 0.15) is 30.5 Å². The summed E-state index contributed by atoms with van der Waals surface area (Å²) in [5.41, 5.74) is 12.7. The molecule has 1 aliphatic rings. The number of nitrogens with zero attached hydrogens (tertiary/aromatic N) is 2. The van der Waals surface area contributed by atoms with E-state index < -0.39 is 0 Å². The van der Waals surface area contributed by atoms with E-state index in [1.807, 2.05) is 18.2 Å². The summed E-state index contributed by atoms with van der Waals surface area (Å²) in [6, 6.07) is 29.8. The molecule has 1 aliphatic carbocycles. The smallest absolute Gasteiger partial charge is 0.216 e. The standard InChI is InChI=1S/C35H27N2O/c1-21-15-17-25-24-11-8-10-23(33(24)38-34(25)31(21)30-14-6-7-19-37(30)5)22-16-18-27-26(20-22)32-28(35(27,2)3)12-9-13-29(32)36-4/h6-20H,1-3,5H3/q+1. The molecule has 0 aliphatic heterocycles. The Hall–Kier alpha value is -4.68. The van der Waals surface area contributed by atoms with E-state index in [9.17, 15) is 0 Å². The fraction of sp³-hybridized carbons (Fsp3) is 0.143. The summed E-state index contributed by atoms with van der Waals surface area (Å²) in [5.74, 6) is 0. The van der Waals surface area contributed by atoms with Crippen molar-refractivity contribution >= 4 is 27.6 Å². The second kappa shape index (κ2) is 7.91. The Morgan fingerprint density at radius 1 is 0.763 bits per heavy atom. The van der Waals surface area contributed by atoms with Crippen molar-refractivity contribution in [1.82, 2.24) is 0 Å². The van der Waals surface area contributed by atoms with Gasteiger partial charge in [0.15, 0.2) is 11.9 Å². The molecule has 0 saturated carbocycles. The SMILES string of the molecule is [C-]#[N+]c1cccc2c1-c1cc(-c3cccc4c3oc3c(-c5cccc[n+]5C)c(C)ccc34)ccc1C2(C)C. The van der Waals surface area contributed by atoms with Crippen LogP contribution in [0.25, 0.3) is 60.3 Å². The molecule has 6 aromatic rings. The second-order valence-corrected chi connectivity index (χ2v) is 10.8. The molecule has 0 radical (unpaired) electrons. The summed E-state index contributed by atoms with van der Waals surface area (Å²) in [4.78, 5) is 3.87. The summed E-state index contributed by atoms with van der Waals surface area (Å²) in [7, 11) is 2.07. The number of aromatic nitrogens is 1. The highest BCUT2D eigenvalue weighted by Gasteiger charge is 2.36. The molecule has 0 amide bonds. The maximum Gasteiger partial charge on any atom is 0.216 e. The van der Waals surface area contributed by atoms with E-state index in [1.54, 1.807) is 0 Å². The van der Waals surface area contributed by atoms with Gasteiger partial charge in [-0.3, -0.25) is 0 Å². The summed E-state index contributed by atoms with van der Waals surface area (Å²) < 4.78 is 8.92. The van der Waals surface area contributed by atoms with E-state index in [2.05, 4.69) is 110 Å². The molecule has 3 heteroatoms. The highest BCUT2D eigenvalue weighted by molar-refractivity contribution is 6.13. The molecule has 4 aromatic carbocycles. The van der Waals surface area contributed by atoms with Crippen LogP contribution in [0.15, 0.2) is 95.5 Å². The van der Waals surface area contributed by atoms with Crippen molar-refractivity contribution in [2.24, 2.45) is 7.05 Å². The molecule has 2 aromatic heterocycles. The lowest BCUT2D eigenvalue weighted by Gasteiger charge is -2.21. The maximum atomic E-state index is 7.80. The predicted octanol–water partition coefficient (Wildman–Crippen LogP) is 8.91. The van der Waals surface area contributed by atoms with Gasteiger partial charge in [0.25, 0.3) is 0 Å². The average molecular weight is 492 g/mol. The lowest BCUT2D eigenvalue weighted by molar-refractivity contribution is -0.660. The molecule has 38 heavy (non-hydrogen) atoms. The molecule has 2 heterocycles. The highest BCUT2D eigenvalue weighted by atomic mass is 16.3. The number of pyridine rings is 1. The Bertz CT molecular complexity index is 1980. The fourth-order valence-electron chi connectivity index (χ4n) is 6.33. The third-order valence-electron chi connectivity index (χ3n) is 8.30. The minimum atomic E-state index is -0.146. The molecule has 0 atom stereocenters. The molecule has 0 fully saturated rings. The van der Waals surface area contributed by atoms with Crippen molar-refractivity contribution in [2.45, 2.75) is 26.2 Å². The number of furan rings is 1. The Morgan fingerprint density at radius 3 is 2.39 bits per heavy atom. The Labute approximate surface area is 222 Å². The molecule has 182 valence electrons. The molecule has 0 N–H and O–H groups in total. The van der Waals surface area contributed by atoms with Gasteiger partial charge < -0.3 is 4.42 Å². The van der Waals surface area contributed by atoms with Gasteiger partial charge in [0, 0.05) is 33.9 Å². The quantitative estimate of drug-likeness (QED) is 0.175. The zero-order chi connectivity index (χ0) is 26.2. The van der Waals surface area contributed by atoms with E-state index in [1.165, 1.54) is 16.7 Å². The van der Waals surface area contributed by atoms with Gasteiger partial charge in [0.05, 0.1) is 12.1 Å². The molecular formula is C35H27N2O+. The van der Waals surface area contributed by atoms with Crippen LogP contribution in [-0.4, -0.2) is 0 Å². The van der Waals surface area contributed by atoms with Crippen molar-refractivity contribution in [2.75, 3.05) is 0 Å². The maximum absolute atomic E-state index is 7.80. The Balaban J connectivity index is 1.50. The zero-order valence-electron chi connectivity index (χ0n) is 22.0. The van der Waals surface area contributed by atoms with Crippen LogP contribution in [0.2, 0.25) is 0 Å². The summed E-state index contributed by atoms with van der Waals surface area (Å²) in [6.45, 7) is 14.4. The fourth-order valence-corrected chi connectivity index (χ4v) is 6.33. The van der Waals surface area contributed by atoms with Crippen molar-refractivity contribution in [3.63, 3.8) is 0 Å². The Morgan fingerprint density at radius 2 is 1.58 bits per heavy atom. The summed E-state index contributed by atoms with van der Waals surface area (Å²) in [6.07, 6.45) is 2.07. The van der Waals surface area contributed by atoms with Gasteiger partial charge in [-0.2, -0.15) is 0 Å². The van der Waals surface area contributed by atoms with E-state index >= 15 is 0 Å². The zero-order valence-corrected chi connectivity index (χ0v) is 22.0. The number of benzene rings is 4.